The Labute approximate surface area is 128 Å². The van der Waals surface area contributed by atoms with Crippen LogP contribution in [0.3, 0.4) is 0 Å². The lowest BCUT2D eigenvalue weighted by Gasteiger charge is -2.23. The highest BCUT2D eigenvalue weighted by Crippen LogP contribution is 2.31. The van der Waals surface area contributed by atoms with E-state index in [1.165, 1.54) is 6.07 Å². The van der Waals surface area contributed by atoms with Crippen LogP contribution in [0, 0.1) is 0 Å². The van der Waals surface area contributed by atoms with Gasteiger partial charge in [0.2, 0.25) is 0 Å². The van der Waals surface area contributed by atoms with Crippen LogP contribution in [0.1, 0.15) is 5.56 Å². The monoisotopic (exact) mass is 320 g/mol. The Kier molecular flexibility index (Phi) is 6.55. The van der Waals surface area contributed by atoms with Gasteiger partial charge in [-0.05, 0) is 26.2 Å². The van der Waals surface area contributed by atoms with E-state index < -0.39 is 5.97 Å². The molecule has 0 saturated carbocycles. The van der Waals surface area contributed by atoms with Gasteiger partial charge in [-0.2, -0.15) is 0 Å². The number of halogens is 2. The third-order valence-electron chi connectivity index (χ3n) is 2.72. The molecule has 0 bridgehead atoms. The fourth-order valence-corrected chi connectivity index (χ4v) is 2.26. The molecular weight excluding hydrogens is 303 g/mol. The van der Waals surface area contributed by atoms with Crippen molar-refractivity contribution in [2.45, 2.75) is 6.54 Å². The van der Waals surface area contributed by atoms with Crippen molar-refractivity contribution in [3.8, 4) is 5.75 Å². The Balaban J connectivity index is 2.85. The number of carboxylic acids is 1. The van der Waals surface area contributed by atoms with Crippen molar-refractivity contribution >= 4 is 29.2 Å². The minimum Gasteiger partial charge on any atom is -0.506 e. The van der Waals surface area contributed by atoms with E-state index in [9.17, 15) is 9.90 Å². The van der Waals surface area contributed by atoms with Crippen LogP contribution in [-0.4, -0.2) is 59.7 Å². The van der Waals surface area contributed by atoms with E-state index >= 15 is 0 Å². The van der Waals surface area contributed by atoms with Crippen LogP contribution in [0.25, 0.3) is 0 Å². The average Bonchev–Trinajstić information content (AvgIpc) is 2.31. The Morgan fingerprint density at radius 2 is 1.90 bits per heavy atom. The van der Waals surface area contributed by atoms with Crippen molar-refractivity contribution in [3.63, 3.8) is 0 Å². The lowest BCUT2D eigenvalue weighted by molar-refractivity contribution is -0.138. The predicted molar refractivity (Wildman–Crippen MR) is 79.6 cm³/mol. The maximum Gasteiger partial charge on any atom is 0.317 e. The molecule has 0 aliphatic rings. The number of carboxylic acid groups (broad SMARTS) is 1. The summed E-state index contributed by atoms with van der Waals surface area (Å²) in [6.07, 6.45) is 0. The molecule has 112 valence electrons. The second-order valence-corrected chi connectivity index (χ2v) is 5.65. The highest BCUT2D eigenvalue weighted by atomic mass is 35.5. The summed E-state index contributed by atoms with van der Waals surface area (Å²) in [4.78, 5) is 14.6. The first-order valence-electron chi connectivity index (χ1n) is 6.05. The molecule has 0 heterocycles. The van der Waals surface area contributed by atoms with Crippen LogP contribution in [0.5, 0.6) is 5.75 Å². The highest BCUT2D eigenvalue weighted by molar-refractivity contribution is 6.35. The van der Waals surface area contributed by atoms with E-state index in [4.69, 9.17) is 28.3 Å². The zero-order valence-electron chi connectivity index (χ0n) is 11.4. The van der Waals surface area contributed by atoms with Crippen LogP contribution < -0.4 is 0 Å². The molecule has 0 aromatic heterocycles. The van der Waals surface area contributed by atoms with Gasteiger partial charge in [-0.3, -0.25) is 9.69 Å². The molecule has 1 rings (SSSR count). The summed E-state index contributed by atoms with van der Waals surface area (Å²) in [5.74, 6) is -0.979. The lowest BCUT2D eigenvalue weighted by atomic mass is 10.2. The van der Waals surface area contributed by atoms with E-state index in [1.807, 2.05) is 19.0 Å². The summed E-state index contributed by atoms with van der Waals surface area (Å²) in [5, 5.41) is 19.4. The third-order valence-corrected chi connectivity index (χ3v) is 3.23. The van der Waals surface area contributed by atoms with Crippen molar-refractivity contribution < 1.29 is 15.0 Å². The quantitative estimate of drug-likeness (QED) is 0.806. The maximum atomic E-state index is 10.9. The van der Waals surface area contributed by atoms with Gasteiger partial charge < -0.3 is 15.1 Å². The fraction of sp³-hybridized carbons (Fsp3) is 0.462. The Hall–Kier alpha value is -1.01. The molecular formula is C13H18Cl2N2O3. The SMILES string of the molecule is CN(C)CCN(CC(=O)O)Cc1cc(Cl)cc(Cl)c1O. The molecule has 0 aliphatic heterocycles. The molecule has 0 amide bonds. The summed E-state index contributed by atoms with van der Waals surface area (Å²) in [6, 6.07) is 3.04. The van der Waals surface area contributed by atoms with Gasteiger partial charge in [0.05, 0.1) is 11.6 Å². The van der Waals surface area contributed by atoms with Crippen LogP contribution in [0.4, 0.5) is 0 Å². The number of likely N-dealkylation sites (N-methyl/N-ethyl adjacent to an activating group) is 1. The molecule has 0 aliphatic carbocycles. The molecule has 0 unspecified atom stereocenters. The normalized spacial score (nSPS) is 11.3. The van der Waals surface area contributed by atoms with Crippen LogP contribution in [0.2, 0.25) is 10.0 Å². The number of carbonyl (C=O) groups is 1. The molecule has 0 saturated heterocycles. The van der Waals surface area contributed by atoms with Gasteiger partial charge in [0, 0.05) is 30.2 Å². The molecule has 20 heavy (non-hydrogen) atoms. The average molecular weight is 321 g/mol. The summed E-state index contributed by atoms with van der Waals surface area (Å²) >= 11 is 11.8. The molecule has 5 nitrogen and oxygen atoms in total. The van der Waals surface area contributed by atoms with Gasteiger partial charge in [0.15, 0.2) is 0 Å². The topological polar surface area (TPSA) is 64.0 Å². The number of phenols is 1. The lowest BCUT2D eigenvalue weighted by Crippen LogP contribution is -2.35. The summed E-state index contributed by atoms with van der Waals surface area (Å²) in [5.41, 5.74) is 0.516. The molecule has 2 N–H and O–H groups in total. The fourth-order valence-electron chi connectivity index (χ4n) is 1.73. The minimum absolute atomic E-state index is 0.0590. The number of phenolic OH excluding ortho intramolecular Hbond substituents is 1. The predicted octanol–water partition coefficient (Wildman–Crippen LogP) is 2.15. The molecule has 0 fully saturated rings. The van der Waals surface area contributed by atoms with Crippen LogP contribution in [-0.2, 0) is 11.3 Å². The van der Waals surface area contributed by atoms with Gasteiger partial charge in [-0.1, -0.05) is 23.2 Å². The smallest absolute Gasteiger partial charge is 0.317 e. The molecule has 0 spiro atoms. The number of aliphatic carboxylic acids is 1. The van der Waals surface area contributed by atoms with Gasteiger partial charge in [0.25, 0.3) is 0 Å². The first kappa shape index (κ1) is 17.0. The van der Waals surface area contributed by atoms with Gasteiger partial charge in [0.1, 0.15) is 5.75 Å². The summed E-state index contributed by atoms with van der Waals surface area (Å²) in [7, 11) is 3.82. The summed E-state index contributed by atoms with van der Waals surface area (Å²) < 4.78 is 0. The molecule has 0 radical (unpaired) electrons. The first-order chi connectivity index (χ1) is 9.29. The molecule has 7 heteroatoms. The molecule has 1 aromatic rings. The van der Waals surface area contributed by atoms with Gasteiger partial charge >= 0.3 is 5.97 Å². The second kappa shape index (κ2) is 7.69. The van der Waals surface area contributed by atoms with E-state index in [2.05, 4.69) is 0 Å². The Morgan fingerprint density at radius 3 is 2.45 bits per heavy atom. The number of aromatic hydroxyl groups is 1. The third kappa shape index (κ3) is 5.54. The Morgan fingerprint density at radius 1 is 1.25 bits per heavy atom. The zero-order valence-corrected chi connectivity index (χ0v) is 12.9. The van der Waals surface area contributed by atoms with Crippen molar-refractivity contribution in [1.29, 1.82) is 0 Å². The van der Waals surface area contributed by atoms with Gasteiger partial charge in [-0.25, -0.2) is 0 Å². The number of hydrogen-bond acceptors (Lipinski definition) is 4. The highest BCUT2D eigenvalue weighted by Gasteiger charge is 2.15. The number of hydrogen-bond donors (Lipinski definition) is 2. The van der Waals surface area contributed by atoms with Crippen molar-refractivity contribution in [3.05, 3.63) is 27.7 Å². The molecule has 0 atom stereocenters. The summed E-state index contributed by atoms with van der Waals surface area (Å²) in [6.45, 7) is 1.43. The number of nitrogens with zero attached hydrogens (tertiary/aromatic N) is 2. The van der Waals surface area contributed by atoms with E-state index in [-0.39, 0.29) is 23.9 Å². The van der Waals surface area contributed by atoms with E-state index in [0.717, 1.165) is 0 Å². The number of rotatable bonds is 7. The zero-order chi connectivity index (χ0) is 15.3. The van der Waals surface area contributed by atoms with Crippen LogP contribution in [0.15, 0.2) is 12.1 Å². The van der Waals surface area contributed by atoms with E-state index in [1.54, 1.807) is 11.0 Å². The Bertz CT molecular complexity index is 481. The first-order valence-corrected chi connectivity index (χ1v) is 6.81. The van der Waals surface area contributed by atoms with Crippen molar-refractivity contribution in [1.82, 2.24) is 9.80 Å². The van der Waals surface area contributed by atoms with Gasteiger partial charge in [-0.15, -0.1) is 0 Å². The van der Waals surface area contributed by atoms with Crippen molar-refractivity contribution in [2.75, 3.05) is 33.7 Å². The van der Waals surface area contributed by atoms with Crippen LogP contribution >= 0.6 is 23.2 Å². The van der Waals surface area contributed by atoms with E-state index in [0.29, 0.717) is 23.7 Å². The minimum atomic E-state index is -0.920. The van der Waals surface area contributed by atoms with Crippen molar-refractivity contribution in [2.24, 2.45) is 0 Å². The maximum absolute atomic E-state index is 10.9. The number of benzene rings is 1. The molecule has 1 aromatic carbocycles. The largest absolute Gasteiger partial charge is 0.506 e. The standard InChI is InChI=1S/C13H18Cl2N2O3/c1-16(2)3-4-17(8-12(18)19)7-9-5-10(14)6-11(15)13(9)20/h5-6,20H,3-4,7-8H2,1-2H3,(H,18,19). The second-order valence-electron chi connectivity index (χ2n) is 4.80.